The van der Waals surface area contributed by atoms with Gasteiger partial charge >= 0.3 is 0 Å². The molecule has 1 aromatic rings. The topological polar surface area (TPSA) is 0 Å². The predicted molar refractivity (Wildman–Crippen MR) is 59.5 cm³/mol. The molecule has 0 aliphatic carbocycles. The molecule has 12 heavy (non-hydrogen) atoms. The Bertz CT molecular complexity index is 206. The lowest BCUT2D eigenvalue weighted by Crippen LogP contribution is -1.77. The van der Waals surface area contributed by atoms with Gasteiger partial charge in [-0.2, -0.15) is 0 Å². The van der Waals surface area contributed by atoms with Gasteiger partial charge in [-0.1, -0.05) is 39.3 Å². The number of halogens is 1. The summed E-state index contributed by atoms with van der Waals surface area (Å²) < 4.78 is 0. The molecule has 0 spiro atoms. The maximum atomic E-state index is 5.88. The van der Waals surface area contributed by atoms with E-state index in [-0.39, 0.29) is 0 Å². The number of hydrogen-bond acceptors (Lipinski definition) is 1. The van der Waals surface area contributed by atoms with E-state index in [0.29, 0.717) is 5.92 Å². The van der Waals surface area contributed by atoms with Gasteiger partial charge in [0.2, 0.25) is 0 Å². The van der Waals surface area contributed by atoms with Crippen molar-refractivity contribution in [2.24, 2.45) is 0 Å². The Morgan fingerprint density at radius 2 is 1.83 bits per heavy atom. The lowest BCUT2D eigenvalue weighted by atomic mass is 10.2. The normalized spacial score (nSPS) is 9.58. The first-order chi connectivity index (χ1) is 5.61. The monoisotopic (exact) mass is 204 g/mol. The Hall–Kier alpha value is -0.0100. The summed E-state index contributed by atoms with van der Waals surface area (Å²) in [6.45, 7) is 10.4. The Morgan fingerprint density at radius 3 is 2.00 bits per heavy atom. The Kier molecular flexibility index (Phi) is 5.60. The fourth-order valence-electron chi connectivity index (χ4n) is 0.766. The minimum absolute atomic E-state index is 0.608. The average Bonchev–Trinajstić information content (AvgIpc) is 2.36. The van der Waals surface area contributed by atoms with E-state index in [1.165, 1.54) is 9.75 Å². The summed E-state index contributed by atoms with van der Waals surface area (Å²) in [4.78, 5) is 2.60. The van der Waals surface area contributed by atoms with Crippen molar-refractivity contribution in [1.29, 1.82) is 0 Å². The molecule has 0 aliphatic rings. The van der Waals surface area contributed by atoms with Gasteiger partial charge < -0.3 is 0 Å². The van der Waals surface area contributed by atoms with Crippen LogP contribution in [0.4, 0.5) is 0 Å². The summed E-state index contributed by atoms with van der Waals surface area (Å²) in [5.41, 5.74) is 0. The molecule has 1 rings (SSSR count). The number of aryl methyl sites for hydroxylation is 1. The lowest BCUT2D eigenvalue weighted by Gasteiger charge is -1.96. The zero-order valence-corrected chi connectivity index (χ0v) is 10.0. The molecule has 0 aromatic carbocycles. The quantitative estimate of drug-likeness (QED) is 0.613. The molecule has 0 N–H and O–H groups in total. The maximum Gasteiger partial charge on any atom is 0.0545 e. The van der Waals surface area contributed by atoms with Crippen molar-refractivity contribution < 1.29 is 0 Å². The molecule has 0 saturated carbocycles. The molecule has 1 heterocycles. The number of thiophene rings is 1. The summed E-state index contributed by atoms with van der Waals surface area (Å²) in [5.74, 6) is 0.608. The van der Waals surface area contributed by atoms with Crippen LogP contribution in [-0.4, -0.2) is 0 Å². The molecule has 0 saturated heterocycles. The van der Waals surface area contributed by atoms with E-state index >= 15 is 0 Å². The van der Waals surface area contributed by atoms with Crippen LogP contribution in [0.15, 0.2) is 6.07 Å². The number of rotatable bonds is 1. The van der Waals surface area contributed by atoms with Crippen molar-refractivity contribution in [3.05, 3.63) is 20.8 Å². The van der Waals surface area contributed by atoms with Crippen LogP contribution < -0.4 is 0 Å². The summed E-state index contributed by atoms with van der Waals surface area (Å²) >= 11 is 7.67. The van der Waals surface area contributed by atoms with Crippen LogP contribution in [0.5, 0.6) is 0 Å². The first-order valence-electron chi connectivity index (χ1n) is 4.37. The number of hydrogen-bond donors (Lipinski definition) is 0. The molecular weight excluding hydrogens is 188 g/mol. The minimum atomic E-state index is 0.608. The molecular formula is C10H17ClS. The van der Waals surface area contributed by atoms with Crippen LogP contribution >= 0.6 is 22.9 Å². The van der Waals surface area contributed by atoms with Gasteiger partial charge in [0.1, 0.15) is 0 Å². The van der Waals surface area contributed by atoms with E-state index in [1.54, 1.807) is 11.3 Å². The zero-order chi connectivity index (χ0) is 9.72. The second kappa shape index (κ2) is 5.60. The summed E-state index contributed by atoms with van der Waals surface area (Å²) in [7, 11) is 0. The Balaban J connectivity index is 0.000000561. The molecule has 0 radical (unpaired) electrons. The van der Waals surface area contributed by atoms with Gasteiger partial charge in [0.05, 0.1) is 5.02 Å². The van der Waals surface area contributed by atoms with Crippen molar-refractivity contribution in [2.75, 3.05) is 0 Å². The van der Waals surface area contributed by atoms with E-state index in [9.17, 15) is 0 Å². The van der Waals surface area contributed by atoms with Crippen molar-refractivity contribution in [1.82, 2.24) is 0 Å². The third-order valence-electron chi connectivity index (χ3n) is 1.45. The second-order valence-electron chi connectivity index (χ2n) is 2.71. The first-order valence-corrected chi connectivity index (χ1v) is 5.56. The van der Waals surface area contributed by atoms with Gasteiger partial charge in [-0.25, -0.2) is 0 Å². The zero-order valence-electron chi connectivity index (χ0n) is 8.44. The Labute approximate surface area is 84.6 Å². The van der Waals surface area contributed by atoms with Crippen molar-refractivity contribution in [3.63, 3.8) is 0 Å². The highest BCUT2D eigenvalue weighted by Crippen LogP contribution is 2.30. The van der Waals surface area contributed by atoms with Crippen LogP contribution in [0.2, 0.25) is 5.02 Å². The van der Waals surface area contributed by atoms with Gasteiger partial charge in [-0.15, -0.1) is 11.3 Å². The molecule has 1 aromatic heterocycles. The second-order valence-corrected chi connectivity index (χ2v) is 4.40. The van der Waals surface area contributed by atoms with E-state index in [1.807, 2.05) is 13.8 Å². The smallest absolute Gasteiger partial charge is 0.0545 e. The average molecular weight is 205 g/mol. The van der Waals surface area contributed by atoms with Gasteiger partial charge in [0.25, 0.3) is 0 Å². The Morgan fingerprint density at radius 1 is 1.33 bits per heavy atom. The third kappa shape index (κ3) is 3.16. The first kappa shape index (κ1) is 12.0. The van der Waals surface area contributed by atoms with Crippen LogP contribution in [0.25, 0.3) is 0 Å². The van der Waals surface area contributed by atoms with Gasteiger partial charge in [0, 0.05) is 9.75 Å². The van der Waals surface area contributed by atoms with E-state index in [2.05, 4.69) is 26.8 Å². The summed E-state index contributed by atoms with van der Waals surface area (Å²) in [6, 6.07) is 2.06. The molecule has 70 valence electrons. The molecule has 0 fully saturated rings. The van der Waals surface area contributed by atoms with Crippen molar-refractivity contribution in [2.45, 2.75) is 40.5 Å². The van der Waals surface area contributed by atoms with E-state index in [0.717, 1.165) is 5.02 Å². The SMILES string of the molecule is CC.Cc1sc(C(C)C)cc1Cl. The molecule has 0 atom stereocenters. The van der Waals surface area contributed by atoms with Crippen molar-refractivity contribution in [3.8, 4) is 0 Å². The predicted octanol–water partition coefficient (Wildman–Crippen LogP) is 4.86. The van der Waals surface area contributed by atoms with Crippen LogP contribution in [0.1, 0.15) is 43.4 Å². The highest BCUT2D eigenvalue weighted by atomic mass is 35.5. The summed E-state index contributed by atoms with van der Waals surface area (Å²) in [5, 5.41) is 0.911. The largest absolute Gasteiger partial charge is 0.144 e. The highest BCUT2D eigenvalue weighted by molar-refractivity contribution is 7.12. The van der Waals surface area contributed by atoms with Gasteiger partial charge in [0.15, 0.2) is 0 Å². The standard InChI is InChI=1S/C8H11ClS.C2H6/c1-5(2)8-4-7(9)6(3)10-8;1-2/h4-5H,1-3H3;1-2H3. The molecule has 0 amide bonds. The molecule has 2 heteroatoms. The fraction of sp³-hybridized carbons (Fsp3) is 0.600. The van der Waals surface area contributed by atoms with Crippen molar-refractivity contribution >= 4 is 22.9 Å². The third-order valence-corrected chi connectivity index (χ3v) is 3.30. The van der Waals surface area contributed by atoms with Crippen LogP contribution in [0.3, 0.4) is 0 Å². The lowest BCUT2D eigenvalue weighted by molar-refractivity contribution is 0.890. The van der Waals surface area contributed by atoms with Gasteiger partial charge in [-0.05, 0) is 18.9 Å². The summed E-state index contributed by atoms with van der Waals surface area (Å²) in [6.07, 6.45) is 0. The van der Waals surface area contributed by atoms with E-state index < -0.39 is 0 Å². The van der Waals surface area contributed by atoms with E-state index in [4.69, 9.17) is 11.6 Å². The van der Waals surface area contributed by atoms with Crippen LogP contribution in [0, 0.1) is 6.92 Å². The minimum Gasteiger partial charge on any atom is -0.144 e. The van der Waals surface area contributed by atoms with Crippen LogP contribution in [-0.2, 0) is 0 Å². The molecule has 0 aliphatic heterocycles. The van der Waals surface area contributed by atoms with Gasteiger partial charge in [-0.3, -0.25) is 0 Å². The molecule has 0 bridgehead atoms. The maximum absolute atomic E-state index is 5.88. The molecule has 0 unspecified atom stereocenters. The fourth-order valence-corrected chi connectivity index (χ4v) is 1.99. The molecule has 0 nitrogen and oxygen atoms in total. The highest BCUT2D eigenvalue weighted by Gasteiger charge is 2.05.